The van der Waals surface area contributed by atoms with E-state index in [-0.39, 0.29) is 11.3 Å². The van der Waals surface area contributed by atoms with E-state index in [2.05, 4.69) is 43.1 Å². The fourth-order valence-electron chi connectivity index (χ4n) is 6.57. The molecule has 3 fully saturated rings. The van der Waals surface area contributed by atoms with Crippen LogP contribution in [0.25, 0.3) is 0 Å². The lowest BCUT2D eigenvalue weighted by Gasteiger charge is -2.43. The van der Waals surface area contributed by atoms with Crippen LogP contribution in [0.4, 0.5) is 5.69 Å². The number of hydrogen-bond donors (Lipinski definition) is 1. The summed E-state index contributed by atoms with van der Waals surface area (Å²) in [6.07, 6.45) is 10.0. The summed E-state index contributed by atoms with van der Waals surface area (Å²) in [5, 5.41) is 3.74. The zero-order valence-electron chi connectivity index (χ0n) is 17.3. The molecule has 2 bridgehead atoms. The zero-order valence-corrected chi connectivity index (χ0v) is 17.3. The van der Waals surface area contributed by atoms with Crippen LogP contribution in [0.5, 0.6) is 0 Å². The van der Waals surface area contributed by atoms with Crippen molar-refractivity contribution in [3.63, 3.8) is 0 Å². The molecule has 4 rings (SSSR count). The summed E-state index contributed by atoms with van der Waals surface area (Å²) < 4.78 is 0. The maximum Gasteiger partial charge on any atom is 0.241 e. The minimum atomic E-state index is 0.246. The van der Waals surface area contributed by atoms with Crippen molar-refractivity contribution in [1.82, 2.24) is 5.32 Å². The van der Waals surface area contributed by atoms with E-state index in [1.807, 2.05) is 18.2 Å². The van der Waals surface area contributed by atoms with Gasteiger partial charge in [0.2, 0.25) is 5.91 Å². The summed E-state index contributed by atoms with van der Waals surface area (Å²) in [5.41, 5.74) is 1.71. The number of anilines is 1. The lowest BCUT2D eigenvalue weighted by Crippen LogP contribution is -2.54. The van der Waals surface area contributed by atoms with E-state index in [9.17, 15) is 4.79 Å². The van der Waals surface area contributed by atoms with Gasteiger partial charge in [0.25, 0.3) is 0 Å². The van der Waals surface area contributed by atoms with Crippen molar-refractivity contribution in [3.8, 4) is 0 Å². The highest BCUT2D eigenvalue weighted by molar-refractivity contribution is 5.95. The number of hydrogen-bond acceptors (Lipinski definition) is 2. The van der Waals surface area contributed by atoms with Crippen molar-refractivity contribution in [2.24, 2.45) is 16.7 Å². The third-order valence-electron chi connectivity index (χ3n) is 7.97. The Bertz CT molecular complexity index is 659. The molecule has 0 saturated heterocycles. The first kappa shape index (κ1) is 19.0. The Morgan fingerprint density at radius 2 is 1.78 bits per heavy atom. The van der Waals surface area contributed by atoms with Gasteiger partial charge in [-0.2, -0.15) is 0 Å². The van der Waals surface area contributed by atoms with Crippen LogP contribution in [0.15, 0.2) is 30.3 Å². The summed E-state index contributed by atoms with van der Waals surface area (Å²) >= 11 is 0. The lowest BCUT2D eigenvalue weighted by molar-refractivity contribution is -0.118. The number of carbonyl (C=O) groups is 1. The van der Waals surface area contributed by atoms with Crippen molar-refractivity contribution >= 4 is 11.6 Å². The molecule has 3 saturated carbocycles. The average molecular weight is 369 g/mol. The smallest absolute Gasteiger partial charge is 0.241 e. The molecule has 27 heavy (non-hydrogen) atoms. The van der Waals surface area contributed by atoms with Crippen LogP contribution in [0.1, 0.15) is 72.1 Å². The Morgan fingerprint density at radius 3 is 2.41 bits per heavy atom. The average Bonchev–Trinajstić information content (AvgIpc) is 3.14. The molecular formula is C24H36N2O. The highest BCUT2D eigenvalue weighted by Crippen LogP contribution is 2.62. The predicted octanol–water partition coefficient (Wildman–Crippen LogP) is 5.16. The van der Waals surface area contributed by atoms with E-state index < -0.39 is 0 Å². The van der Waals surface area contributed by atoms with Crippen LogP contribution < -0.4 is 10.2 Å². The van der Waals surface area contributed by atoms with Gasteiger partial charge >= 0.3 is 0 Å². The molecule has 1 aromatic carbocycles. The van der Waals surface area contributed by atoms with Crippen molar-refractivity contribution in [2.45, 2.75) is 84.2 Å². The summed E-state index contributed by atoms with van der Waals surface area (Å²) in [6, 6.07) is 11.1. The summed E-state index contributed by atoms with van der Waals surface area (Å²) in [5.74, 6) is 1.05. The molecule has 0 aliphatic heterocycles. The molecular weight excluding hydrogens is 332 g/mol. The number of nitrogens with one attached hydrogen (secondary N) is 1. The lowest BCUT2D eigenvalue weighted by atomic mass is 9.68. The number of carbonyl (C=O) groups excluding carboxylic acids is 1. The monoisotopic (exact) mass is 368 g/mol. The second-order valence-electron chi connectivity index (χ2n) is 10.1. The minimum Gasteiger partial charge on any atom is -0.308 e. The van der Waals surface area contributed by atoms with E-state index >= 15 is 0 Å². The van der Waals surface area contributed by atoms with Gasteiger partial charge < -0.3 is 10.2 Å². The number of para-hydroxylation sites is 1. The fraction of sp³-hybridized carbons (Fsp3) is 0.708. The quantitative estimate of drug-likeness (QED) is 0.779. The van der Waals surface area contributed by atoms with Gasteiger partial charge in [-0.1, -0.05) is 58.2 Å². The molecule has 0 radical (unpaired) electrons. The molecule has 1 amide bonds. The maximum absolute atomic E-state index is 13.4. The first-order valence-corrected chi connectivity index (χ1v) is 11.0. The molecule has 0 spiro atoms. The van der Waals surface area contributed by atoms with Crippen LogP contribution >= 0.6 is 0 Å². The molecule has 3 aliphatic carbocycles. The van der Waals surface area contributed by atoms with Gasteiger partial charge in [0, 0.05) is 17.8 Å². The topological polar surface area (TPSA) is 32.3 Å². The van der Waals surface area contributed by atoms with Gasteiger partial charge in [0.05, 0.1) is 6.54 Å². The minimum absolute atomic E-state index is 0.246. The first-order chi connectivity index (χ1) is 12.9. The summed E-state index contributed by atoms with van der Waals surface area (Å²) in [7, 11) is 0. The third-order valence-corrected chi connectivity index (χ3v) is 7.97. The number of fused-ring (bicyclic) bond motifs is 2. The van der Waals surface area contributed by atoms with E-state index in [4.69, 9.17) is 0 Å². The van der Waals surface area contributed by atoms with Crippen LogP contribution in [0, 0.1) is 16.7 Å². The molecule has 0 heterocycles. The van der Waals surface area contributed by atoms with Gasteiger partial charge in [-0.15, -0.1) is 0 Å². The molecule has 3 unspecified atom stereocenters. The number of nitrogens with zero attached hydrogens (tertiary/aromatic N) is 1. The van der Waals surface area contributed by atoms with Crippen molar-refractivity contribution < 1.29 is 4.79 Å². The maximum atomic E-state index is 13.4. The number of rotatable bonds is 5. The second kappa shape index (κ2) is 7.24. The zero-order chi connectivity index (χ0) is 19.1. The molecule has 1 N–H and O–H groups in total. The second-order valence-corrected chi connectivity index (χ2v) is 10.1. The number of amides is 1. The van der Waals surface area contributed by atoms with E-state index in [1.54, 1.807) is 0 Å². The van der Waals surface area contributed by atoms with E-state index in [1.165, 1.54) is 38.5 Å². The fourth-order valence-corrected chi connectivity index (χ4v) is 6.57. The van der Waals surface area contributed by atoms with Crippen LogP contribution in [0.3, 0.4) is 0 Å². The Balaban J connectivity index is 1.49. The molecule has 3 nitrogen and oxygen atoms in total. The normalized spacial score (nSPS) is 32.6. The Labute approximate surface area is 164 Å². The SMILES string of the molecule is CC12CCC(C1)C(C)(C)C2NCC(=O)N(c1ccccc1)C1CCCCC1. The molecule has 0 aromatic heterocycles. The largest absolute Gasteiger partial charge is 0.308 e. The van der Waals surface area contributed by atoms with E-state index in [0.717, 1.165) is 24.4 Å². The summed E-state index contributed by atoms with van der Waals surface area (Å²) in [6.45, 7) is 7.70. The highest BCUT2D eigenvalue weighted by Gasteiger charge is 2.59. The van der Waals surface area contributed by atoms with E-state index in [0.29, 0.717) is 24.0 Å². The van der Waals surface area contributed by atoms with Crippen LogP contribution in [-0.2, 0) is 4.79 Å². The molecule has 1 aromatic rings. The Morgan fingerprint density at radius 1 is 1.07 bits per heavy atom. The number of benzene rings is 1. The Hall–Kier alpha value is -1.35. The summed E-state index contributed by atoms with van der Waals surface area (Å²) in [4.78, 5) is 15.5. The first-order valence-electron chi connectivity index (χ1n) is 11.0. The molecule has 3 heteroatoms. The van der Waals surface area contributed by atoms with Gasteiger partial charge in [0.15, 0.2) is 0 Å². The van der Waals surface area contributed by atoms with Crippen LogP contribution in [0.2, 0.25) is 0 Å². The molecule has 3 atom stereocenters. The molecule has 3 aliphatic rings. The van der Waals surface area contributed by atoms with Gasteiger partial charge in [-0.05, 0) is 61.0 Å². The standard InChI is InChI=1S/C24H36N2O/c1-23(2)18-14-15-24(3,16-18)22(23)25-17-21(27)26(19-10-6-4-7-11-19)20-12-8-5-9-13-20/h4,6-7,10-11,18,20,22,25H,5,8-9,12-17H2,1-3H3. The van der Waals surface area contributed by atoms with Crippen molar-refractivity contribution in [1.29, 1.82) is 0 Å². The van der Waals surface area contributed by atoms with Gasteiger partial charge in [-0.25, -0.2) is 0 Å². The van der Waals surface area contributed by atoms with Gasteiger partial charge in [-0.3, -0.25) is 4.79 Å². The third kappa shape index (κ3) is 3.44. The van der Waals surface area contributed by atoms with Crippen LogP contribution in [-0.4, -0.2) is 24.5 Å². The van der Waals surface area contributed by atoms with Gasteiger partial charge in [0.1, 0.15) is 0 Å². The highest BCUT2D eigenvalue weighted by atomic mass is 16.2. The predicted molar refractivity (Wildman–Crippen MR) is 112 cm³/mol. The van der Waals surface area contributed by atoms with Crippen molar-refractivity contribution in [3.05, 3.63) is 30.3 Å². The van der Waals surface area contributed by atoms with Crippen molar-refractivity contribution in [2.75, 3.05) is 11.4 Å². The molecule has 148 valence electrons. The Kier molecular flexibility index (Phi) is 5.09.